The highest BCUT2D eigenvalue weighted by molar-refractivity contribution is 6.26. The molecule has 110 valence electrons. The fourth-order valence-corrected chi connectivity index (χ4v) is 3.29. The molecule has 2 N–H and O–H groups in total. The van der Waals surface area contributed by atoms with Crippen LogP contribution in [0.2, 0.25) is 13.1 Å². The van der Waals surface area contributed by atoms with Crippen molar-refractivity contribution in [1.82, 2.24) is 0 Å². The van der Waals surface area contributed by atoms with Crippen LogP contribution in [0.1, 0.15) is 19.4 Å². The quantitative estimate of drug-likeness (QED) is 0.455. The second kappa shape index (κ2) is 7.82. The Morgan fingerprint density at radius 3 is 2.30 bits per heavy atom. The van der Waals surface area contributed by atoms with E-state index in [2.05, 4.69) is 13.8 Å². The SMILES string of the molecule is COc1cc(CC(C)(C)C(O[Si]C)O[Si]C)ccc1N. The standard InChI is InChI=1S/C14H23NO3Si2/c1-14(2,13(17-19-4)18-20-5)9-10-6-7-11(15)12(8-10)16-3/h6-8,13H,9,15H2,1-5H3. The summed E-state index contributed by atoms with van der Waals surface area (Å²) < 4.78 is 16.8. The second-order valence-corrected chi connectivity index (χ2v) is 6.51. The van der Waals surface area contributed by atoms with Crippen molar-refractivity contribution in [3.8, 4) is 5.75 Å². The first-order valence-electron chi connectivity index (χ1n) is 6.51. The summed E-state index contributed by atoms with van der Waals surface area (Å²) in [6.07, 6.45) is 0.640. The highest BCUT2D eigenvalue weighted by Gasteiger charge is 2.31. The molecule has 0 bridgehead atoms. The van der Waals surface area contributed by atoms with Crippen LogP contribution in [0.5, 0.6) is 5.75 Å². The normalized spacial score (nSPS) is 11.9. The Kier molecular flexibility index (Phi) is 6.74. The fraction of sp³-hybridized carbons (Fsp3) is 0.571. The number of nitrogen functional groups attached to an aromatic ring is 1. The number of hydrogen-bond acceptors (Lipinski definition) is 4. The lowest BCUT2D eigenvalue weighted by Crippen LogP contribution is -2.37. The van der Waals surface area contributed by atoms with Crippen molar-refractivity contribution < 1.29 is 13.6 Å². The van der Waals surface area contributed by atoms with Crippen LogP contribution < -0.4 is 10.5 Å². The molecule has 0 atom stereocenters. The smallest absolute Gasteiger partial charge is 0.229 e. The van der Waals surface area contributed by atoms with Gasteiger partial charge in [0.2, 0.25) is 19.5 Å². The van der Waals surface area contributed by atoms with Gasteiger partial charge in [0.25, 0.3) is 0 Å². The molecule has 0 amide bonds. The van der Waals surface area contributed by atoms with Crippen LogP contribution in [0, 0.1) is 5.41 Å². The van der Waals surface area contributed by atoms with Crippen molar-refractivity contribution >= 4 is 25.2 Å². The minimum Gasteiger partial charge on any atom is -0.495 e. The maximum Gasteiger partial charge on any atom is 0.229 e. The third-order valence-electron chi connectivity index (χ3n) is 3.05. The molecule has 1 rings (SSSR count). The number of methoxy groups -OCH3 is 1. The number of rotatable bonds is 8. The number of anilines is 1. The Bertz CT molecular complexity index is 421. The van der Waals surface area contributed by atoms with Gasteiger partial charge in [0.15, 0.2) is 0 Å². The molecule has 0 heterocycles. The van der Waals surface area contributed by atoms with E-state index in [1.807, 2.05) is 31.3 Å². The lowest BCUT2D eigenvalue weighted by molar-refractivity contribution is -0.0783. The van der Waals surface area contributed by atoms with E-state index in [1.54, 1.807) is 7.11 Å². The summed E-state index contributed by atoms with van der Waals surface area (Å²) in [6.45, 7) is 8.33. The summed E-state index contributed by atoms with van der Waals surface area (Å²) in [5.74, 6) is 0.714. The van der Waals surface area contributed by atoms with E-state index in [0.29, 0.717) is 31.0 Å². The van der Waals surface area contributed by atoms with Gasteiger partial charge < -0.3 is 19.3 Å². The van der Waals surface area contributed by atoms with Gasteiger partial charge in [0.05, 0.1) is 12.8 Å². The molecule has 4 nitrogen and oxygen atoms in total. The zero-order valence-electron chi connectivity index (χ0n) is 12.8. The van der Waals surface area contributed by atoms with E-state index >= 15 is 0 Å². The highest BCUT2D eigenvalue weighted by atomic mass is 28.2. The van der Waals surface area contributed by atoms with Crippen molar-refractivity contribution in [3.63, 3.8) is 0 Å². The molecule has 20 heavy (non-hydrogen) atoms. The van der Waals surface area contributed by atoms with Crippen molar-refractivity contribution in [1.29, 1.82) is 0 Å². The Morgan fingerprint density at radius 2 is 1.80 bits per heavy atom. The lowest BCUT2D eigenvalue weighted by atomic mass is 9.85. The van der Waals surface area contributed by atoms with Crippen LogP contribution in [0.4, 0.5) is 5.69 Å². The molecule has 4 radical (unpaired) electrons. The first kappa shape index (κ1) is 17.2. The molecule has 0 unspecified atom stereocenters. The predicted molar refractivity (Wildman–Crippen MR) is 84.1 cm³/mol. The molecular weight excluding hydrogens is 286 g/mol. The minimum atomic E-state index is -0.197. The summed E-state index contributed by atoms with van der Waals surface area (Å²) in [7, 11) is 2.46. The van der Waals surface area contributed by atoms with E-state index in [0.717, 1.165) is 12.0 Å². The van der Waals surface area contributed by atoms with E-state index in [-0.39, 0.29) is 11.7 Å². The maximum atomic E-state index is 5.85. The molecule has 0 saturated heterocycles. The lowest BCUT2D eigenvalue weighted by Gasteiger charge is -2.34. The molecule has 0 spiro atoms. The number of benzene rings is 1. The molecule has 0 saturated carbocycles. The van der Waals surface area contributed by atoms with E-state index in [9.17, 15) is 0 Å². The van der Waals surface area contributed by atoms with Crippen LogP contribution >= 0.6 is 0 Å². The van der Waals surface area contributed by atoms with Gasteiger partial charge in [-0.1, -0.05) is 19.9 Å². The summed E-state index contributed by atoms with van der Waals surface area (Å²) in [5.41, 5.74) is 7.55. The number of hydrogen-bond donors (Lipinski definition) is 1. The Morgan fingerprint density at radius 1 is 1.20 bits per heavy atom. The predicted octanol–water partition coefficient (Wildman–Crippen LogP) is 2.54. The summed E-state index contributed by atoms with van der Waals surface area (Å²) in [5, 5.41) is 0. The molecule has 1 aromatic carbocycles. The van der Waals surface area contributed by atoms with Crippen molar-refractivity contribution in [3.05, 3.63) is 23.8 Å². The third kappa shape index (κ3) is 4.62. The zero-order chi connectivity index (χ0) is 15.2. The van der Waals surface area contributed by atoms with Gasteiger partial charge in [-0.05, 0) is 37.2 Å². The minimum absolute atomic E-state index is 0.118. The Hall–Kier alpha value is -0.826. The van der Waals surface area contributed by atoms with Crippen LogP contribution in [-0.2, 0) is 15.3 Å². The second-order valence-electron chi connectivity index (χ2n) is 5.22. The van der Waals surface area contributed by atoms with E-state index < -0.39 is 0 Å². The van der Waals surface area contributed by atoms with Gasteiger partial charge in [-0.25, -0.2) is 0 Å². The first-order valence-corrected chi connectivity index (χ1v) is 9.33. The molecular formula is C14H23NO3Si2. The van der Waals surface area contributed by atoms with E-state index in [4.69, 9.17) is 19.3 Å². The molecule has 0 aliphatic rings. The number of nitrogens with two attached hydrogens (primary N) is 1. The molecule has 6 heteroatoms. The largest absolute Gasteiger partial charge is 0.495 e. The molecule has 0 aliphatic heterocycles. The molecule has 0 aromatic heterocycles. The van der Waals surface area contributed by atoms with Crippen molar-refractivity contribution in [2.75, 3.05) is 12.8 Å². The third-order valence-corrected chi connectivity index (χ3v) is 3.95. The van der Waals surface area contributed by atoms with Gasteiger partial charge in [0, 0.05) is 5.41 Å². The Balaban J connectivity index is 2.87. The first-order chi connectivity index (χ1) is 9.44. The van der Waals surface area contributed by atoms with Gasteiger partial charge in [0.1, 0.15) is 12.0 Å². The average molecular weight is 310 g/mol. The van der Waals surface area contributed by atoms with Crippen molar-refractivity contribution in [2.24, 2.45) is 5.41 Å². The monoisotopic (exact) mass is 309 g/mol. The topological polar surface area (TPSA) is 53.7 Å². The van der Waals surface area contributed by atoms with Gasteiger partial charge in [-0.15, -0.1) is 0 Å². The summed E-state index contributed by atoms with van der Waals surface area (Å²) in [6, 6.07) is 5.89. The fourth-order valence-electron chi connectivity index (χ4n) is 2.03. The average Bonchev–Trinajstić information content (AvgIpc) is 2.40. The van der Waals surface area contributed by atoms with Crippen LogP contribution in [0.3, 0.4) is 0 Å². The van der Waals surface area contributed by atoms with Crippen LogP contribution in [0.25, 0.3) is 0 Å². The van der Waals surface area contributed by atoms with Crippen LogP contribution in [-0.4, -0.2) is 32.9 Å². The maximum absolute atomic E-state index is 5.85. The zero-order valence-corrected chi connectivity index (χ0v) is 14.8. The summed E-state index contributed by atoms with van der Waals surface area (Å²) in [4.78, 5) is 0. The van der Waals surface area contributed by atoms with Gasteiger partial charge in [-0.3, -0.25) is 0 Å². The van der Waals surface area contributed by atoms with E-state index in [1.165, 1.54) is 0 Å². The van der Waals surface area contributed by atoms with Crippen molar-refractivity contribution in [2.45, 2.75) is 39.7 Å². The Labute approximate surface area is 126 Å². The highest BCUT2D eigenvalue weighted by Crippen LogP contribution is 2.31. The molecule has 0 fully saturated rings. The summed E-state index contributed by atoms with van der Waals surface area (Å²) >= 11 is 0. The molecule has 0 aliphatic carbocycles. The van der Waals surface area contributed by atoms with Crippen LogP contribution in [0.15, 0.2) is 18.2 Å². The van der Waals surface area contributed by atoms with Gasteiger partial charge in [-0.2, -0.15) is 0 Å². The van der Waals surface area contributed by atoms with Gasteiger partial charge >= 0.3 is 0 Å². The number of ether oxygens (including phenoxy) is 1. The molecule has 1 aromatic rings.